The maximum atomic E-state index is 12.5. The quantitative estimate of drug-likeness (QED) is 0.393. The van der Waals surface area contributed by atoms with Crippen LogP contribution in [0.5, 0.6) is 0 Å². The lowest BCUT2D eigenvalue weighted by Gasteiger charge is -2.13. The summed E-state index contributed by atoms with van der Waals surface area (Å²) in [4.78, 5) is 60.5. The third kappa shape index (κ3) is 7.33. The van der Waals surface area contributed by atoms with Crippen molar-refractivity contribution < 1.29 is 38.2 Å². The smallest absolute Gasteiger partial charge is 0.340 e. The molecule has 3 N–H and O–H groups in total. The van der Waals surface area contributed by atoms with Crippen molar-refractivity contribution in [3.63, 3.8) is 0 Å². The molecule has 0 aromatic heterocycles. The number of nitrogens with one attached hydrogen (secondary N) is 3. The highest BCUT2D eigenvalue weighted by atomic mass is 16.5. The molecule has 0 aliphatic carbocycles. The van der Waals surface area contributed by atoms with E-state index in [9.17, 15) is 24.0 Å². The van der Waals surface area contributed by atoms with Crippen molar-refractivity contribution in [3.05, 3.63) is 59.2 Å². The molecular weight excluding hydrogens is 446 g/mol. The molecule has 0 spiro atoms. The van der Waals surface area contributed by atoms with Gasteiger partial charge in [0.25, 0.3) is 5.91 Å². The molecule has 0 aliphatic heterocycles. The highest BCUT2D eigenvalue weighted by Crippen LogP contribution is 2.18. The topological polar surface area (TPSA) is 149 Å². The van der Waals surface area contributed by atoms with Crippen molar-refractivity contribution >= 4 is 41.2 Å². The Morgan fingerprint density at radius 2 is 1.41 bits per heavy atom. The second-order valence-electron chi connectivity index (χ2n) is 7.21. The van der Waals surface area contributed by atoms with Crippen LogP contribution < -0.4 is 16.0 Å². The zero-order valence-electron chi connectivity index (χ0n) is 19.1. The highest BCUT2D eigenvalue weighted by molar-refractivity contribution is 6.03. The number of benzene rings is 2. The molecule has 180 valence electrons. The average molecular weight is 471 g/mol. The van der Waals surface area contributed by atoms with Gasteiger partial charge in [0.05, 0.1) is 36.6 Å². The Kier molecular flexibility index (Phi) is 9.12. The molecule has 3 amide bonds. The van der Waals surface area contributed by atoms with Gasteiger partial charge >= 0.3 is 23.9 Å². The molecule has 0 unspecified atom stereocenters. The predicted molar refractivity (Wildman–Crippen MR) is 122 cm³/mol. The Hall–Kier alpha value is -4.41. The van der Waals surface area contributed by atoms with E-state index in [0.717, 1.165) is 0 Å². The summed E-state index contributed by atoms with van der Waals surface area (Å²) >= 11 is 0. The number of amides is 3. The Balaban J connectivity index is 2.08. The number of methoxy groups -OCH3 is 2. The Bertz CT molecular complexity index is 1060. The number of carbonyl (C=O) groups excluding carboxylic acids is 5. The molecule has 0 bridgehead atoms. The first-order chi connectivity index (χ1) is 16.1. The maximum Gasteiger partial charge on any atom is 0.340 e. The number of urea groups is 1. The van der Waals surface area contributed by atoms with E-state index in [2.05, 4.69) is 25.4 Å². The lowest BCUT2D eigenvalue weighted by molar-refractivity contribution is -0.119. The minimum Gasteiger partial charge on any atom is -0.465 e. The molecule has 0 heterocycles. The van der Waals surface area contributed by atoms with E-state index in [-0.39, 0.29) is 34.1 Å². The Morgan fingerprint density at radius 1 is 0.824 bits per heavy atom. The SMILES string of the molecule is COC(=O)c1cc(NC(=O)COC(=O)c2ccccc2NC(=O)NC(C)C)cc(C(=O)OC)c1. The summed E-state index contributed by atoms with van der Waals surface area (Å²) in [6.45, 7) is 2.90. The van der Waals surface area contributed by atoms with Crippen LogP contribution in [0.3, 0.4) is 0 Å². The van der Waals surface area contributed by atoms with Crippen LogP contribution in [0.1, 0.15) is 44.9 Å². The van der Waals surface area contributed by atoms with Crippen LogP contribution >= 0.6 is 0 Å². The molecule has 2 rings (SSSR count). The van der Waals surface area contributed by atoms with Gasteiger partial charge in [-0.2, -0.15) is 0 Å². The molecule has 0 aliphatic rings. The zero-order chi connectivity index (χ0) is 25.3. The fourth-order valence-electron chi connectivity index (χ4n) is 2.77. The van der Waals surface area contributed by atoms with Crippen molar-refractivity contribution in [2.45, 2.75) is 19.9 Å². The molecule has 0 radical (unpaired) electrons. The summed E-state index contributed by atoms with van der Waals surface area (Å²) in [5.74, 6) is -3.01. The van der Waals surface area contributed by atoms with E-state index in [1.165, 1.54) is 44.6 Å². The van der Waals surface area contributed by atoms with Crippen molar-refractivity contribution in [1.82, 2.24) is 5.32 Å². The number of esters is 3. The summed E-state index contributed by atoms with van der Waals surface area (Å²) in [6, 6.07) is 9.40. The fraction of sp³-hybridized carbons (Fsp3) is 0.261. The lowest BCUT2D eigenvalue weighted by atomic mass is 10.1. The second-order valence-corrected chi connectivity index (χ2v) is 7.21. The minimum atomic E-state index is -0.839. The molecule has 11 nitrogen and oxygen atoms in total. The van der Waals surface area contributed by atoms with Gasteiger partial charge in [-0.05, 0) is 44.2 Å². The molecule has 0 atom stereocenters. The van der Waals surface area contributed by atoms with Gasteiger partial charge in [-0.3, -0.25) is 4.79 Å². The Labute approximate surface area is 195 Å². The summed E-state index contributed by atoms with van der Waals surface area (Å²) in [6.07, 6.45) is 0. The third-order valence-corrected chi connectivity index (χ3v) is 4.21. The van der Waals surface area contributed by atoms with Crippen LogP contribution in [0.25, 0.3) is 0 Å². The first-order valence-electron chi connectivity index (χ1n) is 10.1. The van der Waals surface area contributed by atoms with E-state index in [1.807, 2.05) is 0 Å². The van der Waals surface area contributed by atoms with Crippen LogP contribution in [-0.2, 0) is 19.0 Å². The molecular formula is C23H25N3O8. The molecule has 0 saturated carbocycles. The number of rotatable bonds is 8. The summed E-state index contributed by atoms with van der Waals surface area (Å²) in [5.41, 5.74) is 0.376. The monoisotopic (exact) mass is 471 g/mol. The Morgan fingerprint density at radius 3 is 1.97 bits per heavy atom. The normalized spacial score (nSPS) is 10.1. The van der Waals surface area contributed by atoms with E-state index in [1.54, 1.807) is 26.0 Å². The van der Waals surface area contributed by atoms with Crippen LogP contribution in [0.4, 0.5) is 16.2 Å². The summed E-state index contributed by atoms with van der Waals surface area (Å²) in [5, 5.41) is 7.64. The number of carbonyl (C=O) groups is 5. The second kappa shape index (κ2) is 12.0. The van der Waals surface area contributed by atoms with E-state index < -0.39 is 36.5 Å². The number of ether oxygens (including phenoxy) is 3. The molecule has 2 aromatic carbocycles. The summed E-state index contributed by atoms with van der Waals surface area (Å²) < 4.78 is 14.3. The average Bonchev–Trinajstić information content (AvgIpc) is 2.81. The van der Waals surface area contributed by atoms with Gasteiger partial charge in [0.1, 0.15) is 0 Å². The standard InChI is InChI=1S/C23H25N3O8/c1-13(2)24-23(31)26-18-8-6-5-7-17(18)22(30)34-12-19(27)25-16-10-14(20(28)32-3)9-15(11-16)21(29)33-4/h5-11,13H,12H2,1-4H3,(H,25,27)(H2,24,26,31). The van der Waals surface area contributed by atoms with Crippen LogP contribution in [0, 0.1) is 0 Å². The van der Waals surface area contributed by atoms with Gasteiger partial charge in [-0.1, -0.05) is 12.1 Å². The number of hydrogen-bond acceptors (Lipinski definition) is 8. The molecule has 0 fully saturated rings. The zero-order valence-corrected chi connectivity index (χ0v) is 19.1. The van der Waals surface area contributed by atoms with Crippen molar-refractivity contribution in [1.29, 1.82) is 0 Å². The van der Waals surface area contributed by atoms with Crippen LogP contribution in [-0.4, -0.2) is 56.7 Å². The van der Waals surface area contributed by atoms with Gasteiger partial charge in [-0.15, -0.1) is 0 Å². The maximum absolute atomic E-state index is 12.5. The third-order valence-electron chi connectivity index (χ3n) is 4.21. The number of para-hydroxylation sites is 1. The largest absolute Gasteiger partial charge is 0.465 e. The number of anilines is 2. The fourth-order valence-corrected chi connectivity index (χ4v) is 2.77. The van der Waals surface area contributed by atoms with Gasteiger partial charge in [-0.25, -0.2) is 19.2 Å². The molecule has 34 heavy (non-hydrogen) atoms. The molecule has 11 heteroatoms. The van der Waals surface area contributed by atoms with Gasteiger partial charge in [0, 0.05) is 11.7 Å². The van der Waals surface area contributed by atoms with Gasteiger partial charge < -0.3 is 30.2 Å². The minimum absolute atomic E-state index is 0.0115. The van der Waals surface area contributed by atoms with Crippen LogP contribution in [0.15, 0.2) is 42.5 Å². The van der Waals surface area contributed by atoms with E-state index >= 15 is 0 Å². The van der Waals surface area contributed by atoms with E-state index in [0.29, 0.717) is 0 Å². The summed E-state index contributed by atoms with van der Waals surface area (Å²) in [7, 11) is 2.34. The molecule has 0 saturated heterocycles. The van der Waals surface area contributed by atoms with Crippen LogP contribution in [0.2, 0.25) is 0 Å². The first kappa shape index (κ1) is 25.8. The lowest BCUT2D eigenvalue weighted by Crippen LogP contribution is -2.34. The van der Waals surface area contributed by atoms with E-state index in [4.69, 9.17) is 4.74 Å². The predicted octanol–water partition coefficient (Wildman–Crippen LogP) is 2.59. The highest BCUT2D eigenvalue weighted by Gasteiger charge is 2.18. The first-order valence-corrected chi connectivity index (χ1v) is 10.1. The van der Waals surface area contributed by atoms with Gasteiger partial charge in [0.2, 0.25) is 0 Å². The van der Waals surface area contributed by atoms with Crippen molar-refractivity contribution in [2.75, 3.05) is 31.5 Å². The van der Waals surface area contributed by atoms with Crippen molar-refractivity contribution in [3.8, 4) is 0 Å². The van der Waals surface area contributed by atoms with Crippen molar-refractivity contribution in [2.24, 2.45) is 0 Å². The molecule has 2 aromatic rings. The van der Waals surface area contributed by atoms with Gasteiger partial charge in [0.15, 0.2) is 6.61 Å². The number of hydrogen-bond donors (Lipinski definition) is 3.